The Kier molecular flexibility index (Phi) is 7.15. The van der Waals surface area contributed by atoms with Crippen LogP contribution in [0.25, 0.3) is 0 Å². The van der Waals surface area contributed by atoms with E-state index in [-0.39, 0.29) is 12.1 Å². The van der Waals surface area contributed by atoms with Crippen molar-refractivity contribution in [1.82, 2.24) is 15.2 Å². The van der Waals surface area contributed by atoms with Crippen molar-refractivity contribution < 1.29 is 4.74 Å². The van der Waals surface area contributed by atoms with Gasteiger partial charge in [0.1, 0.15) is 0 Å². The summed E-state index contributed by atoms with van der Waals surface area (Å²) in [6, 6.07) is 0.0614. The lowest BCUT2D eigenvalue weighted by molar-refractivity contribution is 0.00313. The molecule has 1 aromatic heterocycles. The molecule has 20 heavy (non-hydrogen) atoms. The van der Waals surface area contributed by atoms with Gasteiger partial charge in [0.15, 0.2) is 0 Å². The zero-order chi connectivity index (χ0) is 15.3. The highest BCUT2D eigenvalue weighted by Crippen LogP contribution is 2.24. The second kappa shape index (κ2) is 8.12. The molecule has 1 aromatic rings. The smallest absolute Gasteiger partial charge is 0.0767 e. The van der Waals surface area contributed by atoms with Crippen molar-refractivity contribution in [2.24, 2.45) is 18.8 Å². The number of nitrogens with one attached hydrogen (secondary N) is 1. The SMILES string of the molecule is CCOC(C(C)C)C(Cc1c(Br)c(CC)nn1C)NN. The van der Waals surface area contributed by atoms with Gasteiger partial charge in [0.05, 0.1) is 28.0 Å². The molecule has 0 amide bonds. The fourth-order valence-corrected chi connectivity index (χ4v) is 3.26. The molecule has 0 saturated carbocycles. The van der Waals surface area contributed by atoms with Crippen molar-refractivity contribution in [1.29, 1.82) is 0 Å². The van der Waals surface area contributed by atoms with E-state index >= 15 is 0 Å². The van der Waals surface area contributed by atoms with Gasteiger partial charge in [-0.3, -0.25) is 16.0 Å². The van der Waals surface area contributed by atoms with E-state index in [4.69, 9.17) is 10.6 Å². The molecule has 0 bridgehead atoms. The minimum absolute atomic E-state index is 0.0614. The zero-order valence-electron chi connectivity index (χ0n) is 13.1. The van der Waals surface area contributed by atoms with Crippen LogP contribution < -0.4 is 11.3 Å². The van der Waals surface area contributed by atoms with Gasteiger partial charge in [0.25, 0.3) is 0 Å². The topological polar surface area (TPSA) is 65.1 Å². The average Bonchev–Trinajstić information content (AvgIpc) is 2.68. The third-order valence-corrected chi connectivity index (χ3v) is 4.46. The summed E-state index contributed by atoms with van der Waals surface area (Å²) in [6.07, 6.45) is 1.77. The van der Waals surface area contributed by atoms with E-state index in [1.165, 1.54) is 0 Å². The van der Waals surface area contributed by atoms with Crippen molar-refractivity contribution in [3.8, 4) is 0 Å². The molecule has 0 aromatic carbocycles. The monoisotopic (exact) mass is 346 g/mol. The molecule has 0 radical (unpaired) electrons. The van der Waals surface area contributed by atoms with Crippen LogP contribution in [-0.2, 0) is 24.6 Å². The summed E-state index contributed by atoms with van der Waals surface area (Å²) >= 11 is 3.65. The fraction of sp³-hybridized carbons (Fsp3) is 0.786. The minimum atomic E-state index is 0.0614. The van der Waals surface area contributed by atoms with Crippen LogP contribution in [0.4, 0.5) is 0 Å². The van der Waals surface area contributed by atoms with E-state index in [1.54, 1.807) is 0 Å². The number of hydrogen-bond donors (Lipinski definition) is 2. The third kappa shape index (κ3) is 4.04. The molecule has 0 saturated heterocycles. The van der Waals surface area contributed by atoms with Crippen molar-refractivity contribution in [2.45, 2.75) is 52.7 Å². The highest BCUT2D eigenvalue weighted by atomic mass is 79.9. The van der Waals surface area contributed by atoms with Crippen LogP contribution in [0.1, 0.15) is 39.1 Å². The molecule has 116 valence electrons. The number of nitrogens with two attached hydrogens (primary N) is 1. The van der Waals surface area contributed by atoms with Crippen molar-refractivity contribution >= 4 is 15.9 Å². The van der Waals surface area contributed by atoms with Crippen LogP contribution >= 0.6 is 15.9 Å². The van der Waals surface area contributed by atoms with E-state index in [9.17, 15) is 0 Å². The molecule has 2 atom stereocenters. The lowest BCUT2D eigenvalue weighted by Crippen LogP contribution is -2.49. The summed E-state index contributed by atoms with van der Waals surface area (Å²) < 4.78 is 8.87. The Bertz CT molecular complexity index is 420. The first-order valence-electron chi connectivity index (χ1n) is 7.24. The van der Waals surface area contributed by atoms with E-state index in [0.717, 1.165) is 28.7 Å². The molecule has 0 spiro atoms. The van der Waals surface area contributed by atoms with Crippen LogP contribution in [0, 0.1) is 5.92 Å². The van der Waals surface area contributed by atoms with Gasteiger partial charge < -0.3 is 4.74 Å². The lowest BCUT2D eigenvalue weighted by Gasteiger charge is -2.29. The normalized spacial score (nSPS) is 14.8. The number of aromatic nitrogens is 2. The van der Waals surface area contributed by atoms with E-state index < -0.39 is 0 Å². The van der Waals surface area contributed by atoms with Gasteiger partial charge in [-0.15, -0.1) is 0 Å². The minimum Gasteiger partial charge on any atom is -0.377 e. The molecule has 5 nitrogen and oxygen atoms in total. The molecule has 0 aliphatic carbocycles. The summed E-state index contributed by atoms with van der Waals surface area (Å²) in [6.45, 7) is 9.11. The van der Waals surface area contributed by atoms with Gasteiger partial charge >= 0.3 is 0 Å². The van der Waals surface area contributed by atoms with Crippen LogP contribution in [0.5, 0.6) is 0 Å². The molecule has 1 rings (SSSR count). The first kappa shape index (κ1) is 17.6. The predicted molar refractivity (Wildman–Crippen MR) is 85.4 cm³/mol. The maximum atomic E-state index is 5.85. The Hall–Kier alpha value is -0.430. The number of aryl methyl sites for hydroxylation is 2. The van der Waals surface area contributed by atoms with Gasteiger partial charge in [-0.1, -0.05) is 20.8 Å². The number of rotatable bonds is 8. The van der Waals surface area contributed by atoms with Crippen LogP contribution in [0.15, 0.2) is 4.47 Å². The summed E-state index contributed by atoms with van der Waals surface area (Å²) in [5.41, 5.74) is 5.14. The molecule has 0 fully saturated rings. The number of ether oxygens (including phenoxy) is 1. The van der Waals surface area contributed by atoms with Crippen molar-refractivity contribution in [3.05, 3.63) is 15.9 Å². The Morgan fingerprint density at radius 1 is 1.40 bits per heavy atom. The maximum absolute atomic E-state index is 5.85. The number of hydrogen-bond acceptors (Lipinski definition) is 4. The maximum Gasteiger partial charge on any atom is 0.0767 e. The van der Waals surface area contributed by atoms with Crippen LogP contribution in [-0.4, -0.2) is 28.5 Å². The van der Waals surface area contributed by atoms with Gasteiger partial charge in [-0.05, 0) is 35.2 Å². The standard InChI is InChI=1S/C14H27BrN4O/c1-6-10-13(15)12(19(5)18-10)8-11(17-16)14(9(3)4)20-7-2/h9,11,14,17H,6-8,16H2,1-5H3. The largest absolute Gasteiger partial charge is 0.377 e. The van der Waals surface area contributed by atoms with Gasteiger partial charge in [-0.2, -0.15) is 5.10 Å². The molecular weight excluding hydrogens is 320 g/mol. The van der Waals surface area contributed by atoms with E-state index in [2.05, 4.69) is 47.2 Å². The molecule has 0 aliphatic heterocycles. The second-order valence-electron chi connectivity index (χ2n) is 5.33. The summed E-state index contributed by atoms with van der Waals surface area (Å²) in [4.78, 5) is 0. The third-order valence-electron chi connectivity index (χ3n) is 3.54. The first-order chi connectivity index (χ1) is 9.46. The van der Waals surface area contributed by atoms with Crippen molar-refractivity contribution in [3.63, 3.8) is 0 Å². The highest BCUT2D eigenvalue weighted by Gasteiger charge is 2.27. The molecule has 6 heteroatoms. The molecule has 2 unspecified atom stereocenters. The van der Waals surface area contributed by atoms with Gasteiger partial charge in [0.2, 0.25) is 0 Å². The fourth-order valence-electron chi connectivity index (χ4n) is 2.49. The van der Waals surface area contributed by atoms with Crippen LogP contribution in [0.3, 0.4) is 0 Å². The lowest BCUT2D eigenvalue weighted by atomic mass is 9.96. The first-order valence-corrected chi connectivity index (χ1v) is 8.03. The van der Waals surface area contributed by atoms with Crippen molar-refractivity contribution in [2.75, 3.05) is 6.61 Å². The second-order valence-corrected chi connectivity index (χ2v) is 6.12. The Morgan fingerprint density at radius 2 is 2.05 bits per heavy atom. The summed E-state index contributed by atoms with van der Waals surface area (Å²) in [5, 5.41) is 4.53. The zero-order valence-corrected chi connectivity index (χ0v) is 14.7. The Balaban J connectivity index is 2.95. The molecule has 1 heterocycles. The van der Waals surface area contributed by atoms with Gasteiger partial charge in [-0.25, -0.2) is 0 Å². The summed E-state index contributed by atoms with van der Waals surface area (Å²) in [7, 11) is 1.97. The highest BCUT2D eigenvalue weighted by molar-refractivity contribution is 9.10. The van der Waals surface area contributed by atoms with Gasteiger partial charge in [0, 0.05) is 20.1 Å². The molecule has 0 aliphatic rings. The Labute approximate surface area is 130 Å². The van der Waals surface area contributed by atoms with Crippen LogP contribution in [0.2, 0.25) is 0 Å². The van der Waals surface area contributed by atoms with E-state index in [0.29, 0.717) is 12.5 Å². The molecular formula is C14H27BrN4O. The number of halogens is 1. The number of nitrogens with zero attached hydrogens (tertiary/aromatic N) is 2. The Morgan fingerprint density at radius 3 is 2.45 bits per heavy atom. The number of hydrazine groups is 1. The quantitative estimate of drug-likeness (QED) is 0.559. The van der Waals surface area contributed by atoms with E-state index in [1.807, 2.05) is 18.7 Å². The predicted octanol–water partition coefficient (Wildman–Crippen LogP) is 2.18. The average molecular weight is 347 g/mol. The molecule has 3 N–H and O–H groups in total. The summed E-state index contributed by atoms with van der Waals surface area (Å²) in [5.74, 6) is 6.15.